The van der Waals surface area contributed by atoms with E-state index in [9.17, 15) is 0 Å². The Bertz CT molecular complexity index is 720. The van der Waals surface area contributed by atoms with Gasteiger partial charge in [0.25, 0.3) is 0 Å². The molecule has 4 heteroatoms. The van der Waals surface area contributed by atoms with Crippen LogP contribution in [0.3, 0.4) is 0 Å². The molecule has 0 amide bonds. The zero-order valence-corrected chi connectivity index (χ0v) is 16.2. The van der Waals surface area contributed by atoms with Crippen LogP contribution < -0.4 is 10.2 Å². The molecule has 0 radical (unpaired) electrons. The van der Waals surface area contributed by atoms with E-state index in [1.807, 2.05) is 6.07 Å². The van der Waals surface area contributed by atoms with Gasteiger partial charge in [0, 0.05) is 24.8 Å². The second-order valence-electron chi connectivity index (χ2n) is 8.84. The Morgan fingerprint density at radius 1 is 1.23 bits per heavy atom. The second-order valence-corrected chi connectivity index (χ2v) is 8.84. The van der Waals surface area contributed by atoms with Crippen molar-refractivity contribution < 1.29 is 4.52 Å². The first-order valence-electron chi connectivity index (χ1n) is 9.96. The fraction of sp³-hybridized carbons (Fsp3) is 0.591. The number of aromatic nitrogens is 1. The van der Waals surface area contributed by atoms with Crippen molar-refractivity contribution >= 4 is 5.69 Å². The van der Waals surface area contributed by atoms with E-state index in [2.05, 4.69) is 66.6 Å². The summed E-state index contributed by atoms with van der Waals surface area (Å²) in [4.78, 5) is 2.19. The van der Waals surface area contributed by atoms with Gasteiger partial charge in [-0.2, -0.15) is 0 Å². The van der Waals surface area contributed by atoms with Gasteiger partial charge in [0.1, 0.15) is 0 Å². The molecule has 0 saturated heterocycles. The normalized spacial score (nSPS) is 24.3. The van der Waals surface area contributed by atoms with Gasteiger partial charge in [0.2, 0.25) is 0 Å². The minimum atomic E-state index is 0.342. The first-order valence-corrected chi connectivity index (χ1v) is 9.96. The van der Waals surface area contributed by atoms with E-state index < -0.39 is 0 Å². The quantitative estimate of drug-likeness (QED) is 0.769. The Hall–Kier alpha value is -1.81. The fourth-order valence-corrected chi connectivity index (χ4v) is 4.13. The average Bonchev–Trinajstić information content (AvgIpc) is 3.36. The van der Waals surface area contributed by atoms with Crippen LogP contribution in [0, 0.1) is 17.3 Å². The molecule has 1 heterocycles. The van der Waals surface area contributed by atoms with Crippen LogP contribution in [0.25, 0.3) is 0 Å². The van der Waals surface area contributed by atoms with E-state index >= 15 is 0 Å². The number of anilines is 1. The molecule has 2 fully saturated rings. The predicted molar refractivity (Wildman–Crippen MR) is 105 cm³/mol. The molecular formula is C22H31N3O. The topological polar surface area (TPSA) is 41.3 Å². The molecule has 0 aliphatic heterocycles. The van der Waals surface area contributed by atoms with Crippen LogP contribution >= 0.6 is 0 Å². The highest BCUT2D eigenvalue weighted by molar-refractivity contribution is 5.45. The smallest absolute Gasteiger partial charge is 0.156 e. The maximum absolute atomic E-state index is 5.60. The van der Waals surface area contributed by atoms with Gasteiger partial charge < -0.3 is 14.7 Å². The summed E-state index contributed by atoms with van der Waals surface area (Å²) in [6.07, 6.45) is 5.12. The van der Waals surface area contributed by atoms with Gasteiger partial charge in [-0.05, 0) is 61.6 Å². The highest BCUT2D eigenvalue weighted by Crippen LogP contribution is 2.48. The van der Waals surface area contributed by atoms with Crippen LogP contribution in [-0.4, -0.2) is 24.8 Å². The lowest BCUT2D eigenvalue weighted by atomic mass is 9.57. The van der Waals surface area contributed by atoms with Crippen LogP contribution in [0.5, 0.6) is 0 Å². The van der Waals surface area contributed by atoms with E-state index in [4.69, 9.17) is 4.52 Å². The molecule has 140 valence electrons. The van der Waals surface area contributed by atoms with E-state index in [-0.39, 0.29) is 0 Å². The summed E-state index contributed by atoms with van der Waals surface area (Å²) < 4.78 is 5.60. The number of nitrogens with zero attached hydrogens (tertiary/aromatic N) is 2. The number of rotatable bonds is 8. The van der Waals surface area contributed by atoms with Crippen molar-refractivity contribution in [3.05, 3.63) is 47.9 Å². The summed E-state index contributed by atoms with van der Waals surface area (Å²) in [7, 11) is 2.09. The maximum Gasteiger partial charge on any atom is 0.156 e. The van der Waals surface area contributed by atoms with Crippen molar-refractivity contribution in [3.8, 4) is 0 Å². The van der Waals surface area contributed by atoms with Gasteiger partial charge in [0.05, 0.1) is 12.2 Å². The van der Waals surface area contributed by atoms with E-state index in [0.29, 0.717) is 17.4 Å². The molecule has 1 aromatic carbocycles. The molecule has 2 aliphatic carbocycles. The minimum absolute atomic E-state index is 0.342. The van der Waals surface area contributed by atoms with Gasteiger partial charge in [-0.25, -0.2) is 0 Å². The summed E-state index contributed by atoms with van der Waals surface area (Å²) in [5.74, 6) is 2.57. The summed E-state index contributed by atoms with van der Waals surface area (Å²) >= 11 is 0. The Morgan fingerprint density at radius 3 is 2.69 bits per heavy atom. The van der Waals surface area contributed by atoms with Crippen LogP contribution in [-0.2, 0) is 13.0 Å². The van der Waals surface area contributed by atoms with Gasteiger partial charge >= 0.3 is 0 Å². The number of hydrogen-bond acceptors (Lipinski definition) is 4. The molecule has 1 aromatic heterocycles. The molecule has 2 aliphatic rings. The largest absolute Gasteiger partial charge is 0.367 e. The van der Waals surface area contributed by atoms with E-state index in [1.54, 1.807) is 0 Å². The molecule has 26 heavy (non-hydrogen) atoms. The van der Waals surface area contributed by atoms with Gasteiger partial charge in [-0.1, -0.05) is 37.2 Å². The fourth-order valence-electron chi connectivity index (χ4n) is 4.13. The summed E-state index contributed by atoms with van der Waals surface area (Å²) in [5, 5.41) is 8.12. The average molecular weight is 354 g/mol. The molecule has 2 unspecified atom stereocenters. The molecule has 2 atom stereocenters. The Kier molecular flexibility index (Phi) is 4.78. The third kappa shape index (κ3) is 3.80. The highest BCUT2D eigenvalue weighted by Gasteiger charge is 2.48. The number of hydrogen-bond donors (Lipinski definition) is 1. The van der Waals surface area contributed by atoms with Gasteiger partial charge in [0.15, 0.2) is 5.76 Å². The van der Waals surface area contributed by atoms with Crippen LogP contribution in [0.1, 0.15) is 44.6 Å². The van der Waals surface area contributed by atoms with Crippen molar-refractivity contribution in [2.24, 2.45) is 17.3 Å². The van der Waals surface area contributed by atoms with Crippen LogP contribution in [0.4, 0.5) is 5.69 Å². The number of para-hydroxylation sites is 1. The maximum atomic E-state index is 5.60. The number of nitrogens with one attached hydrogen (secondary N) is 1. The number of benzene rings is 1. The summed E-state index contributed by atoms with van der Waals surface area (Å²) in [6, 6.07) is 13.2. The van der Waals surface area contributed by atoms with Gasteiger partial charge in [-0.15, -0.1) is 0 Å². The molecule has 1 N–H and O–H groups in total. The molecule has 0 bridgehead atoms. The lowest BCUT2D eigenvalue weighted by molar-refractivity contribution is 0.0131. The predicted octanol–water partition coefficient (Wildman–Crippen LogP) is 4.27. The summed E-state index contributed by atoms with van der Waals surface area (Å²) in [5.41, 5.74) is 2.63. The van der Waals surface area contributed by atoms with E-state index in [0.717, 1.165) is 30.3 Å². The standard InChI is InChI=1S/C22H31N3O/c1-22(2)17(12-21(22)23-14-16-9-10-16)11-18-13-20(26-24-18)15-25(3)19-7-5-4-6-8-19/h4-8,13,16-17,21,23H,9-12,14-15H2,1-3H3. The zero-order valence-electron chi connectivity index (χ0n) is 16.2. The van der Waals surface area contributed by atoms with Crippen molar-refractivity contribution in [3.63, 3.8) is 0 Å². The van der Waals surface area contributed by atoms with Crippen molar-refractivity contribution in [2.45, 2.75) is 52.1 Å². The van der Waals surface area contributed by atoms with Crippen molar-refractivity contribution in [2.75, 3.05) is 18.5 Å². The lowest BCUT2D eigenvalue weighted by Crippen LogP contribution is -2.57. The van der Waals surface area contributed by atoms with Crippen molar-refractivity contribution in [1.82, 2.24) is 10.5 Å². The van der Waals surface area contributed by atoms with Crippen LogP contribution in [0.15, 0.2) is 40.9 Å². The molecule has 2 saturated carbocycles. The van der Waals surface area contributed by atoms with E-state index in [1.165, 1.54) is 31.5 Å². The molecule has 4 rings (SSSR count). The summed E-state index contributed by atoms with van der Waals surface area (Å²) in [6.45, 7) is 6.75. The molecule has 0 spiro atoms. The Labute approximate surface area is 156 Å². The monoisotopic (exact) mass is 353 g/mol. The second kappa shape index (κ2) is 7.07. The first-order chi connectivity index (χ1) is 12.5. The van der Waals surface area contributed by atoms with Gasteiger partial charge in [-0.3, -0.25) is 0 Å². The highest BCUT2D eigenvalue weighted by atomic mass is 16.5. The van der Waals surface area contributed by atoms with Crippen molar-refractivity contribution in [1.29, 1.82) is 0 Å². The first kappa shape index (κ1) is 17.6. The molecule has 2 aromatic rings. The Balaban J connectivity index is 1.29. The Morgan fingerprint density at radius 2 is 2.00 bits per heavy atom. The third-order valence-corrected chi connectivity index (χ3v) is 6.47. The minimum Gasteiger partial charge on any atom is -0.367 e. The SMILES string of the molecule is CN(Cc1cc(CC2CC(NCC3CC3)C2(C)C)no1)c1ccccc1. The molecule has 4 nitrogen and oxygen atoms in total. The lowest BCUT2D eigenvalue weighted by Gasteiger charge is -2.52. The van der Waals surface area contributed by atoms with Crippen LogP contribution in [0.2, 0.25) is 0 Å². The zero-order chi connectivity index (χ0) is 18.1. The molecular weight excluding hydrogens is 322 g/mol. The third-order valence-electron chi connectivity index (χ3n) is 6.47.